The molecule has 8 heterocycles. The minimum atomic E-state index is 0. The van der Waals surface area contributed by atoms with Crippen molar-refractivity contribution in [2.24, 2.45) is 176 Å². The summed E-state index contributed by atoms with van der Waals surface area (Å²) in [5.74, 6) is 6.38. The largest absolute Gasteiger partial charge is 1.00 e. The fraction of sp³-hybridized carbons (Fsp3) is 0.337. The topological polar surface area (TPSA) is 416 Å². The van der Waals surface area contributed by atoms with Crippen molar-refractivity contribution in [2.45, 2.75) is 60.9 Å². The highest BCUT2D eigenvalue weighted by Gasteiger charge is 2.24. The molecule has 1 aliphatic rings. The van der Waals surface area contributed by atoms with Crippen LogP contribution < -0.4 is 167 Å². The highest BCUT2D eigenvalue weighted by Crippen LogP contribution is 2.37. The van der Waals surface area contributed by atoms with E-state index in [1.54, 1.807) is 11.0 Å². The number of fused-ring (bicyclic) bond motifs is 1. The van der Waals surface area contributed by atoms with Crippen LogP contribution in [0.5, 0.6) is 5.75 Å². The molecule has 14 aromatic rings. The summed E-state index contributed by atoms with van der Waals surface area (Å²) in [5.41, 5.74) is 28.3. The number of benzene rings is 7. The van der Waals surface area contributed by atoms with E-state index in [4.69, 9.17) is 26.6 Å². The monoisotopic (exact) mass is 2080 g/mol. The number of rotatable bonds is 27. The molecule has 0 amide bonds. The fourth-order valence-corrected chi connectivity index (χ4v) is 12.9. The Morgan fingerprint density at radius 3 is 1.15 bits per heavy atom. The number of hydrogen-bond donors (Lipinski definition) is 8. The van der Waals surface area contributed by atoms with Crippen LogP contribution in [0.25, 0.3) is 0 Å². The summed E-state index contributed by atoms with van der Waals surface area (Å²) < 4.78 is 32.7. The van der Waals surface area contributed by atoms with Gasteiger partial charge in [0.25, 0.3) is 0 Å². The minimum Gasteiger partial charge on any atom is -1.00 e. The maximum Gasteiger partial charge on any atom is 0.421 e. The van der Waals surface area contributed by atoms with E-state index in [0.29, 0.717) is 44.7 Å². The Kier molecular flexibility index (Phi) is 55.0. The zero-order chi connectivity index (χ0) is 97.6. The van der Waals surface area contributed by atoms with E-state index in [2.05, 4.69) is 156 Å². The Labute approximate surface area is 874 Å². The maximum absolute atomic E-state index is 8.75. The van der Waals surface area contributed by atoms with Gasteiger partial charge in [-0.3, -0.25) is 0 Å². The number of halogens is 7. The lowest BCUT2D eigenvalue weighted by Crippen LogP contribution is -3.00. The number of azo groups is 7. The highest BCUT2D eigenvalue weighted by molar-refractivity contribution is 5.65. The fourth-order valence-electron chi connectivity index (χ4n) is 12.9. The molecule has 762 valence electrons. The van der Waals surface area contributed by atoms with E-state index in [1.165, 1.54) is 11.4 Å². The summed E-state index contributed by atoms with van der Waals surface area (Å²) in [7, 11) is 29.3. The number of hydrogen-bond acceptors (Lipinski definition) is 26. The lowest BCUT2D eigenvalue weighted by Gasteiger charge is -2.33. The molecule has 0 saturated carbocycles. The molecule has 142 heavy (non-hydrogen) atoms. The number of aromatic nitrogens is 15. The Balaban J connectivity index is 0.000000556. The van der Waals surface area contributed by atoms with Crippen LogP contribution in [0, 0.1) is 39.0 Å². The van der Waals surface area contributed by atoms with Crippen LogP contribution in [0.3, 0.4) is 0 Å². The van der Waals surface area contributed by atoms with Crippen molar-refractivity contribution in [2.75, 3.05) is 96.7 Å². The molecule has 1 atom stereocenters. The third-order valence-electron chi connectivity index (χ3n) is 21.5. The maximum atomic E-state index is 8.75. The van der Waals surface area contributed by atoms with Gasteiger partial charge in [-0.25, -0.2) is 54.9 Å². The first-order chi connectivity index (χ1) is 64.9. The zero-order valence-corrected chi connectivity index (χ0v) is 89.5. The van der Waals surface area contributed by atoms with E-state index in [9.17, 15) is 0 Å². The van der Waals surface area contributed by atoms with Crippen LogP contribution >= 0.6 is 0 Å². The second-order valence-electron chi connectivity index (χ2n) is 31.6. The Bertz CT molecular complexity index is 6290. The minimum absolute atomic E-state index is 0. The molecule has 7 aromatic carbocycles. The molecule has 10 N–H and O–H groups in total. The van der Waals surface area contributed by atoms with Crippen molar-refractivity contribution in [1.82, 2.24) is 37.3 Å². The summed E-state index contributed by atoms with van der Waals surface area (Å²) in [6.45, 7) is 19.7. The van der Waals surface area contributed by atoms with Crippen LogP contribution in [-0.4, -0.2) is 108 Å². The number of ether oxygens (including phenoxy) is 1. The number of likely N-dealkylation sites (N-methyl/N-ethyl adjacent to an activating group) is 1. The van der Waals surface area contributed by atoms with Crippen molar-refractivity contribution < 1.29 is 129 Å². The first-order valence-electron chi connectivity index (χ1n) is 44.0. The molecule has 40 nitrogen and oxygen atoms in total. The summed E-state index contributed by atoms with van der Waals surface area (Å²) >= 11 is 0. The van der Waals surface area contributed by atoms with Gasteiger partial charge in [0.05, 0.1) is 176 Å². The average molecular weight is 2090 g/mol. The number of nitrogens with zero attached hydrogens (tertiary/aromatic N) is 31. The smallest absolute Gasteiger partial charge is 0.421 e. The Hall–Kier alpha value is -14.0. The van der Waals surface area contributed by atoms with Crippen LogP contribution in [0.15, 0.2) is 291 Å². The van der Waals surface area contributed by atoms with Crippen molar-refractivity contribution in [3.05, 3.63) is 242 Å². The second kappa shape index (κ2) is 62.9. The lowest BCUT2D eigenvalue weighted by atomic mass is 10.2. The number of nitriles is 1. The number of anilines is 7. The molecule has 0 spiro atoms. The average Bonchev–Trinajstić information content (AvgIpc) is 1.67. The molecular weight excluding hydrogens is 1950 g/mol. The molecule has 1 aliphatic heterocycles. The molecule has 0 aliphatic carbocycles. The van der Waals surface area contributed by atoms with E-state index in [0.717, 1.165) is 152 Å². The molecule has 47 heteroatoms. The predicted octanol–water partition coefficient (Wildman–Crippen LogP) is -4.73. The lowest BCUT2D eigenvalue weighted by molar-refractivity contribution is -0.740. The van der Waals surface area contributed by atoms with E-state index in [1.807, 2.05) is 385 Å². The van der Waals surface area contributed by atoms with Crippen LogP contribution in [0.2, 0.25) is 0 Å². The molecule has 15 rings (SSSR count). The molecule has 0 bridgehead atoms. The van der Waals surface area contributed by atoms with Gasteiger partial charge >= 0.3 is 41.5 Å². The van der Waals surface area contributed by atoms with Gasteiger partial charge in [-0.1, -0.05) is 30.7 Å². The molecule has 0 saturated heterocycles. The van der Waals surface area contributed by atoms with Gasteiger partial charge < -0.3 is 140 Å². The molecular formula is C95H131Cl7N38O2. The predicted molar refractivity (Wildman–Crippen MR) is 525 cm³/mol. The quantitative estimate of drug-likeness (QED) is 0.0104. The van der Waals surface area contributed by atoms with E-state index >= 15 is 0 Å². The van der Waals surface area contributed by atoms with Gasteiger partial charge in [0.1, 0.15) is 76.3 Å². The molecule has 0 fully saturated rings. The number of nitrogens with one attached hydrogen (secondary N) is 5. The van der Waals surface area contributed by atoms with Gasteiger partial charge in [0.2, 0.25) is 6.33 Å². The SMILES string of the molecule is CC1COc2cc(N=Nc3n(C)nc[n+]3C)ccc2N1C.CCNc1ccc(N=Nc2cc(C)n(C)[n+]2C)cc1.CCNc1ccc(N=Nc2n(C)cc[n+]2C)cc1.Cc1c(C)[n+](C)c(N=Nc2ccc(N)cc2)n1C.Cc1c[n+](C)c(N=Nc2ccc(NCCO)cc2)n1C.Cn1cc[n+](C)c1N=Nc1ccc(NCCC#N)cc1.Cn1cc[n+](C)c1N=Nc1ccc(NCCN)cc1.[Cl-].[Cl-].[Cl-].[Cl-].[Cl-].[Cl-].[Cl-]. The summed E-state index contributed by atoms with van der Waals surface area (Å²) in [5, 5.41) is 96.7. The standard InChI is InChI=1S/C14H19N6O.C14H16N6.C14H19N5O.C14H19N5.C13H18N6.2C13H17N5.7ClH/c1-10-8-21-13-7-11(5-6-12(13)19(10)3)16-17-14-18(2)9-15-20(14)4;1-19-10-11-20(2)14(19)18-17-13-6-4-12(5-7-13)16-9-3-8-15;1-11-10-18(2)14(19(11)3)17-16-13-6-4-12(5-7-13)15-8-9-20;1-5-15-12-6-8-13(9-7-12)16-17-14-10-11(2)18(3)19(14)4;1-18-9-10-19(2)13(18)17-16-12-5-3-11(4-6-12)15-8-7-14;1-9-10(2)18(4)13(17(9)3)16-15-12-7-5-11(14)6-8-12;1-4-14-11-5-7-12(8-6-11)15-16-13-17(2)9-10-18(13)3;;;;;;;/h5-7,9-10H,8H2,1-4H3;4-7,10-11H,3,9H2,1-2H3;4-7,10,20H,8-9H2,1-3H3;6-10H,5H2,1-4H3;3-6,9-10H,7-8,14H2,1-2H3;5-8,14H,1-4H3;5-10H,4H2,1-3H3;7*1H/q+1;;;;;;;;;;;;;/p-1. The van der Waals surface area contributed by atoms with Gasteiger partial charge in [-0.2, -0.15) is 9.94 Å². The number of nitrogen functional groups attached to an aromatic ring is 1. The first kappa shape index (κ1) is 124. The third kappa shape index (κ3) is 37.2. The van der Waals surface area contributed by atoms with E-state index in [-0.39, 0.29) is 93.5 Å². The number of aliphatic hydroxyl groups excluding tert-OH is 1. The van der Waals surface area contributed by atoms with Gasteiger partial charge in [0.15, 0.2) is 0 Å². The second-order valence-corrected chi connectivity index (χ2v) is 31.6. The first-order valence-corrected chi connectivity index (χ1v) is 44.0. The van der Waals surface area contributed by atoms with E-state index < -0.39 is 0 Å². The summed E-state index contributed by atoms with van der Waals surface area (Å²) in [4.78, 5) is 2.21. The Morgan fingerprint density at radius 2 is 0.810 bits per heavy atom. The van der Waals surface area contributed by atoms with Gasteiger partial charge in [-0.05, 0) is 216 Å². The Morgan fingerprint density at radius 1 is 0.437 bits per heavy atom. The number of nitrogens with two attached hydrogens (primary N) is 2. The molecule has 0 radical (unpaired) electrons. The number of aryl methyl sites for hydroxylation is 11. The van der Waals surface area contributed by atoms with Crippen LogP contribution in [0.1, 0.15) is 50.0 Å². The molecule has 1 unspecified atom stereocenters. The van der Waals surface area contributed by atoms with Crippen molar-refractivity contribution in [1.29, 1.82) is 5.26 Å². The highest BCUT2D eigenvalue weighted by atomic mass is 35.5. The zero-order valence-electron chi connectivity index (χ0n) is 84.2. The third-order valence-corrected chi connectivity index (χ3v) is 21.5. The number of aliphatic hydroxyl groups is 1. The summed E-state index contributed by atoms with van der Waals surface area (Å²) in [6, 6.07) is 56.5. The molecule has 7 aromatic heterocycles. The van der Waals surface area contributed by atoms with Gasteiger partial charge in [-0.15, -0.1) is 4.68 Å². The van der Waals surface area contributed by atoms with Crippen LogP contribution in [-0.2, 0) is 98.7 Å². The van der Waals surface area contributed by atoms with Crippen LogP contribution in [0.4, 0.5) is 121 Å². The number of imidazole rings is 5. The van der Waals surface area contributed by atoms with Crippen molar-refractivity contribution >= 4 is 121 Å². The van der Waals surface area contributed by atoms with Gasteiger partial charge in [0, 0.05) is 124 Å². The van der Waals surface area contributed by atoms with Crippen molar-refractivity contribution in [3.63, 3.8) is 0 Å². The van der Waals surface area contributed by atoms with Crippen molar-refractivity contribution in [3.8, 4) is 11.8 Å². The normalized spacial score (nSPS) is 11.5. The summed E-state index contributed by atoms with van der Waals surface area (Å²) in [6.07, 6.45) is 15.8.